The first-order valence-corrected chi connectivity index (χ1v) is 4.38. The average Bonchev–Trinajstić information content (AvgIpc) is 2.52. The second kappa shape index (κ2) is 2.88. The van der Waals surface area contributed by atoms with Gasteiger partial charge in [-0.1, -0.05) is 11.6 Å². The Hall–Kier alpha value is -0.870. The van der Waals surface area contributed by atoms with E-state index in [2.05, 4.69) is 8.75 Å². The van der Waals surface area contributed by atoms with E-state index in [1.807, 2.05) is 6.07 Å². The topological polar surface area (TPSA) is 35.0 Å². The van der Waals surface area contributed by atoms with Gasteiger partial charge in [-0.2, -0.15) is 8.75 Å². The smallest absolute Gasteiger partial charge is 0.123 e. The first-order chi connectivity index (χ1) is 5.81. The summed E-state index contributed by atoms with van der Waals surface area (Å²) in [4.78, 5) is 0. The summed E-state index contributed by atoms with van der Waals surface area (Å²) in [6.07, 6.45) is 0. The molecule has 2 rings (SSSR count). The highest BCUT2D eigenvalue weighted by Gasteiger charge is 2.05. The van der Waals surface area contributed by atoms with Crippen molar-refractivity contribution >= 4 is 34.4 Å². The van der Waals surface area contributed by atoms with Crippen LogP contribution in [-0.2, 0) is 0 Å². The third-order valence-electron chi connectivity index (χ3n) is 1.52. The van der Waals surface area contributed by atoms with E-state index < -0.39 is 0 Å². The number of methoxy groups -OCH3 is 1. The monoisotopic (exact) mass is 200 g/mol. The van der Waals surface area contributed by atoms with E-state index in [1.165, 1.54) is 0 Å². The molecule has 5 heteroatoms. The zero-order valence-electron chi connectivity index (χ0n) is 6.24. The first-order valence-electron chi connectivity index (χ1n) is 3.27. The Bertz CT molecular complexity index is 415. The van der Waals surface area contributed by atoms with Gasteiger partial charge in [0.2, 0.25) is 0 Å². The van der Waals surface area contributed by atoms with Gasteiger partial charge < -0.3 is 4.74 Å². The van der Waals surface area contributed by atoms with Gasteiger partial charge in [-0.25, -0.2) is 0 Å². The van der Waals surface area contributed by atoms with Crippen molar-refractivity contribution in [1.29, 1.82) is 0 Å². The fourth-order valence-electron chi connectivity index (χ4n) is 0.943. The predicted molar refractivity (Wildman–Crippen MR) is 49.0 cm³/mol. The van der Waals surface area contributed by atoms with Crippen LogP contribution in [-0.4, -0.2) is 15.9 Å². The molecule has 1 aromatic heterocycles. The molecule has 0 N–H and O–H groups in total. The molecule has 1 aromatic carbocycles. The zero-order valence-corrected chi connectivity index (χ0v) is 7.82. The highest BCUT2D eigenvalue weighted by Crippen LogP contribution is 2.27. The minimum absolute atomic E-state index is 0.582. The van der Waals surface area contributed by atoms with Crippen LogP contribution in [0.25, 0.3) is 11.0 Å². The molecule has 0 aliphatic heterocycles. The fourth-order valence-corrected chi connectivity index (χ4v) is 1.78. The molecule has 0 radical (unpaired) electrons. The van der Waals surface area contributed by atoms with Crippen molar-refractivity contribution < 1.29 is 4.74 Å². The predicted octanol–water partition coefficient (Wildman–Crippen LogP) is 2.35. The van der Waals surface area contributed by atoms with Gasteiger partial charge in [-0.15, -0.1) is 0 Å². The molecule has 0 saturated carbocycles. The van der Waals surface area contributed by atoms with E-state index in [0.717, 1.165) is 22.8 Å². The number of hydrogen-bond acceptors (Lipinski definition) is 4. The molecule has 0 amide bonds. The second-order valence-electron chi connectivity index (χ2n) is 2.24. The molecule has 0 bridgehead atoms. The Kier molecular flexibility index (Phi) is 1.86. The van der Waals surface area contributed by atoms with Crippen molar-refractivity contribution in [3.05, 3.63) is 17.2 Å². The van der Waals surface area contributed by atoms with Crippen molar-refractivity contribution in [3.63, 3.8) is 0 Å². The number of halogens is 1. The number of aromatic nitrogens is 2. The van der Waals surface area contributed by atoms with E-state index >= 15 is 0 Å². The minimum Gasteiger partial charge on any atom is -0.497 e. The lowest BCUT2D eigenvalue weighted by atomic mass is 10.3. The number of hydrogen-bond donors (Lipinski definition) is 0. The summed E-state index contributed by atoms with van der Waals surface area (Å²) >= 11 is 7.05. The lowest BCUT2D eigenvalue weighted by Gasteiger charge is -1.98. The Morgan fingerprint density at radius 1 is 1.42 bits per heavy atom. The van der Waals surface area contributed by atoms with Gasteiger partial charge in [0.15, 0.2) is 0 Å². The van der Waals surface area contributed by atoms with Crippen LogP contribution in [0.3, 0.4) is 0 Å². The number of rotatable bonds is 1. The lowest BCUT2D eigenvalue weighted by molar-refractivity contribution is 0.415. The summed E-state index contributed by atoms with van der Waals surface area (Å²) in [5.74, 6) is 0.709. The van der Waals surface area contributed by atoms with Crippen LogP contribution < -0.4 is 4.74 Å². The Morgan fingerprint density at radius 2 is 2.25 bits per heavy atom. The first kappa shape index (κ1) is 7.76. The van der Waals surface area contributed by atoms with Crippen LogP contribution in [0.4, 0.5) is 0 Å². The molecule has 2 aromatic rings. The molecular formula is C7H5ClN2OS. The molecular weight excluding hydrogens is 196 g/mol. The molecule has 0 unspecified atom stereocenters. The standard InChI is InChI=1S/C7H5ClN2OS/c1-11-4-2-5(8)7-6(3-4)9-12-10-7/h2-3H,1H3. The molecule has 0 fully saturated rings. The SMILES string of the molecule is COc1cc(Cl)c2nsnc2c1. The highest BCUT2D eigenvalue weighted by molar-refractivity contribution is 7.00. The van der Waals surface area contributed by atoms with Crippen LogP contribution in [0.5, 0.6) is 5.75 Å². The normalized spacial score (nSPS) is 10.5. The van der Waals surface area contributed by atoms with Crippen molar-refractivity contribution in [2.75, 3.05) is 7.11 Å². The van der Waals surface area contributed by atoms with Gasteiger partial charge >= 0.3 is 0 Å². The molecule has 0 aliphatic rings. The maximum Gasteiger partial charge on any atom is 0.123 e. The van der Waals surface area contributed by atoms with Crippen molar-refractivity contribution in [2.45, 2.75) is 0 Å². The van der Waals surface area contributed by atoms with E-state index in [-0.39, 0.29) is 0 Å². The maximum atomic E-state index is 5.91. The molecule has 3 nitrogen and oxygen atoms in total. The van der Waals surface area contributed by atoms with Crippen molar-refractivity contribution in [1.82, 2.24) is 8.75 Å². The molecule has 12 heavy (non-hydrogen) atoms. The van der Waals surface area contributed by atoms with E-state index in [4.69, 9.17) is 16.3 Å². The molecule has 0 spiro atoms. The Balaban J connectivity index is 2.75. The van der Waals surface area contributed by atoms with E-state index in [1.54, 1.807) is 13.2 Å². The average molecular weight is 201 g/mol. The van der Waals surface area contributed by atoms with Crippen LogP contribution in [0, 0.1) is 0 Å². The third kappa shape index (κ3) is 1.13. The van der Waals surface area contributed by atoms with Gasteiger partial charge in [0.05, 0.1) is 23.9 Å². The number of nitrogens with zero attached hydrogens (tertiary/aromatic N) is 2. The van der Waals surface area contributed by atoms with Crippen LogP contribution in [0.15, 0.2) is 12.1 Å². The number of ether oxygens (including phenoxy) is 1. The maximum absolute atomic E-state index is 5.91. The zero-order chi connectivity index (χ0) is 8.55. The molecule has 1 heterocycles. The fraction of sp³-hybridized carbons (Fsp3) is 0.143. The third-order valence-corrected chi connectivity index (χ3v) is 2.35. The van der Waals surface area contributed by atoms with Gasteiger partial charge in [-0.05, 0) is 0 Å². The molecule has 0 atom stereocenters. The summed E-state index contributed by atoms with van der Waals surface area (Å²) in [6, 6.07) is 3.54. The Morgan fingerprint density at radius 3 is 3.00 bits per heavy atom. The van der Waals surface area contributed by atoms with Crippen LogP contribution in [0.1, 0.15) is 0 Å². The molecule has 0 saturated heterocycles. The van der Waals surface area contributed by atoms with Gasteiger partial charge in [0, 0.05) is 12.1 Å². The summed E-state index contributed by atoms with van der Waals surface area (Å²) in [5.41, 5.74) is 1.52. The highest BCUT2D eigenvalue weighted by atomic mass is 35.5. The Labute approximate surface area is 78.3 Å². The summed E-state index contributed by atoms with van der Waals surface area (Å²) < 4.78 is 13.1. The number of fused-ring (bicyclic) bond motifs is 1. The van der Waals surface area contributed by atoms with Crippen LogP contribution in [0.2, 0.25) is 5.02 Å². The minimum atomic E-state index is 0.582. The van der Waals surface area contributed by atoms with Gasteiger partial charge in [0.1, 0.15) is 16.8 Å². The second-order valence-corrected chi connectivity index (χ2v) is 3.18. The largest absolute Gasteiger partial charge is 0.497 e. The molecule has 0 aliphatic carbocycles. The summed E-state index contributed by atoms with van der Waals surface area (Å²) in [5, 5.41) is 0.582. The quantitative estimate of drug-likeness (QED) is 0.709. The van der Waals surface area contributed by atoms with Crippen molar-refractivity contribution in [2.24, 2.45) is 0 Å². The van der Waals surface area contributed by atoms with Crippen LogP contribution >= 0.6 is 23.3 Å². The molecule has 62 valence electrons. The summed E-state index contributed by atoms with van der Waals surface area (Å²) in [7, 11) is 1.59. The van der Waals surface area contributed by atoms with E-state index in [0.29, 0.717) is 10.8 Å². The van der Waals surface area contributed by atoms with E-state index in [9.17, 15) is 0 Å². The van der Waals surface area contributed by atoms with Crippen molar-refractivity contribution in [3.8, 4) is 5.75 Å². The van der Waals surface area contributed by atoms with Gasteiger partial charge in [0.25, 0.3) is 0 Å². The number of benzene rings is 1. The lowest BCUT2D eigenvalue weighted by Crippen LogP contribution is -1.82. The summed E-state index contributed by atoms with van der Waals surface area (Å²) in [6.45, 7) is 0. The van der Waals surface area contributed by atoms with Gasteiger partial charge in [-0.3, -0.25) is 0 Å².